The largest absolute Gasteiger partial charge is 0.494 e. The molecule has 8 heteroatoms. The van der Waals surface area contributed by atoms with Gasteiger partial charge in [-0.15, -0.1) is 0 Å². The number of amides is 3. The van der Waals surface area contributed by atoms with E-state index >= 15 is 0 Å². The van der Waals surface area contributed by atoms with Crippen molar-refractivity contribution in [2.75, 3.05) is 60.1 Å². The minimum absolute atomic E-state index is 0.0249. The number of rotatable bonds is 9. The van der Waals surface area contributed by atoms with Crippen LogP contribution in [0, 0.1) is 0 Å². The first-order valence-electron chi connectivity index (χ1n) is 11.8. The quantitative estimate of drug-likeness (QED) is 0.628. The number of nitrogens with zero attached hydrogens (tertiary/aromatic N) is 3. The van der Waals surface area contributed by atoms with E-state index in [-0.39, 0.29) is 11.9 Å². The highest BCUT2D eigenvalue weighted by Crippen LogP contribution is 2.23. The van der Waals surface area contributed by atoms with Gasteiger partial charge in [0, 0.05) is 65.6 Å². The van der Waals surface area contributed by atoms with Gasteiger partial charge in [0.05, 0.1) is 13.0 Å². The topological polar surface area (TPSA) is 74.3 Å². The molecule has 3 rings (SSSR count). The van der Waals surface area contributed by atoms with Gasteiger partial charge >= 0.3 is 6.03 Å². The van der Waals surface area contributed by atoms with E-state index in [1.54, 1.807) is 19.0 Å². The van der Waals surface area contributed by atoms with Crippen LogP contribution in [0.3, 0.4) is 0 Å². The Bertz CT molecular complexity index is 734. The summed E-state index contributed by atoms with van der Waals surface area (Å²) in [5, 5.41) is 3.08. The molecule has 178 valence electrons. The average molecular weight is 447 g/mol. The summed E-state index contributed by atoms with van der Waals surface area (Å²) < 4.78 is 11.0. The molecule has 0 bridgehead atoms. The Hall–Kier alpha value is -2.32. The van der Waals surface area contributed by atoms with Gasteiger partial charge in [-0.3, -0.25) is 9.69 Å². The van der Waals surface area contributed by atoms with E-state index in [1.807, 2.05) is 36.1 Å². The summed E-state index contributed by atoms with van der Waals surface area (Å²) in [6.45, 7) is 7.05. The predicted molar refractivity (Wildman–Crippen MR) is 124 cm³/mol. The Kier molecular flexibility index (Phi) is 9.17. The van der Waals surface area contributed by atoms with Crippen molar-refractivity contribution in [1.82, 2.24) is 20.0 Å². The van der Waals surface area contributed by atoms with Crippen LogP contribution in [-0.4, -0.2) is 98.8 Å². The second-order valence-corrected chi connectivity index (χ2v) is 8.75. The molecule has 3 amide bonds. The van der Waals surface area contributed by atoms with Gasteiger partial charge in [0.2, 0.25) is 5.91 Å². The van der Waals surface area contributed by atoms with Crippen molar-refractivity contribution in [3.8, 4) is 5.75 Å². The molecule has 2 fully saturated rings. The summed E-state index contributed by atoms with van der Waals surface area (Å²) in [5.74, 6) is 0.846. The smallest absolute Gasteiger partial charge is 0.319 e. The maximum Gasteiger partial charge on any atom is 0.319 e. The van der Waals surface area contributed by atoms with Crippen molar-refractivity contribution >= 4 is 11.9 Å². The number of nitrogens with one attached hydrogen (secondary N) is 1. The SMILES string of the molecule is CCOc1ccc(CC(=O)NCCN(C2CCOCC2)C2CCN(C(=O)N(C)C)C2)cc1. The van der Waals surface area contributed by atoms with Gasteiger partial charge in [0.25, 0.3) is 0 Å². The molecule has 2 saturated heterocycles. The van der Waals surface area contributed by atoms with Crippen LogP contribution in [0.5, 0.6) is 5.75 Å². The van der Waals surface area contributed by atoms with E-state index in [1.165, 1.54) is 0 Å². The van der Waals surface area contributed by atoms with Crippen molar-refractivity contribution in [3.05, 3.63) is 29.8 Å². The lowest BCUT2D eigenvalue weighted by atomic mass is 10.0. The van der Waals surface area contributed by atoms with Crippen LogP contribution in [0.4, 0.5) is 4.79 Å². The second kappa shape index (κ2) is 12.1. The zero-order chi connectivity index (χ0) is 22.9. The van der Waals surface area contributed by atoms with Crippen molar-refractivity contribution in [2.45, 2.75) is 44.7 Å². The van der Waals surface area contributed by atoms with Crippen LogP contribution >= 0.6 is 0 Å². The molecular weight excluding hydrogens is 408 g/mol. The van der Waals surface area contributed by atoms with Crippen LogP contribution in [0.1, 0.15) is 31.7 Å². The fourth-order valence-corrected chi connectivity index (χ4v) is 4.59. The van der Waals surface area contributed by atoms with Crippen LogP contribution in [0.2, 0.25) is 0 Å². The third-order valence-corrected chi connectivity index (χ3v) is 6.24. The summed E-state index contributed by atoms with van der Waals surface area (Å²) in [6.07, 6.45) is 3.33. The highest BCUT2D eigenvalue weighted by Gasteiger charge is 2.34. The monoisotopic (exact) mass is 446 g/mol. The van der Waals surface area contributed by atoms with E-state index in [9.17, 15) is 9.59 Å². The average Bonchev–Trinajstić information content (AvgIpc) is 3.28. The number of hydrogen-bond acceptors (Lipinski definition) is 5. The molecule has 0 spiro atoms. The van der Waals surface area contributed by atoms with Gasteiger partial charge in [-0.25, -0.2) is 4.79 Å². The van der Waals surface area contributed by atoms with Gasteiger partial charge < -0.3 is 24.6 Å². The molecule has 8 nitrogen and oxygen atoms in total. The van der Waals surface area contributed by atoms with Crippen molar-refractivity contribution in [3.63, 3.8) is 0 Å². The molecule has 0 saturated carbocycles. The van der Waals surface area contributed by atoms with E-state index in [4.69, 9.17) is 9.47 Å². The van der Waals surface area contributed by atoms with Gasteiger partial charge in [-0.05, 0) is 43.9 Å². The Morgan fingerprint density at radius 1 is 1.12 bits per heavy atom. The van der Waals surface area contributed by atoms with Crippen LogP contribution in [0.15, 0.2) is 24.3 Å². The summed E-state index contributed by atoms with van der Waals surface area (Å²) in [7, 11) is 3.59. The number of hydrogen-bond donors (Lipinski definition) is 1. The molecule has 2 heterocycles. The van der Waals surface area contributed by atoms with Crippen LogP contribution in [0.25, 0.3) is 0 Å². The molecule has 1 aromatic carbocycles. The summed E-state index contributed by atoms with van der Waals surface area (Å²) in [4.78, 5) is 30.9. The minimum Gasteiger partial charge on any atom is -0.494 e. The Balaban J connectivity index is 1.51. The molecule has 1 N–H and O–H groups in total. The van der Waals surface area contributed by atoms with Crippen molar-refractivity contribution in [1.29, 1.82) is 0 Å². The molecule has 1 aromatic rings. The maximum atomic E-state index is 12.5. The lowest BCUT2D eigenvalue weighted by Gasteiger charge is -2.38. The van der Waals surface area contributed by atoms with Crippen LogP contribution < -0.4 is 10.1 Å². The zero-order valence-electron chi connectivity index (χ0n) is 19.7. The molecule has 0 radical (unpaired) electrons. The molecular formula is C24H38N4O4. The van der Waals surface area contributed by atoms with Crippen molar-refractivity contribution in [2.24, 2.45) is 0 Å². The number of ether oxygens (including phenoxy) is 2. The minimum atomic E-state index is 0.0249. The highest BCUT2D eigenvalue weighted by molar-refractivity contribution is 5.78. The van der Waals surface area contributed by atoms with Crippen LogP contribution in [-0.2, 0) is 16.0 Å². The second-order valence-electron chi connectivity index (χ2n) is 8.75. The maximum absolute atomic E-state index is 12.5. The standard InChI is InChI=1S/C24H38N4O4/c1-4-32-22-7-5-19(6-8-22)17-23(29)25-12-14-28(20-10-15-31-16-11-20)21-9-13-27(18-21)24(30)26(2)3/h5-8,20-21H,4,9-18H2,1-3H3,(H,25,29). The van der Waals surface area contributed by atoms with E-state index in [2.05, 4.69) is 10.2 Å². The summed E-state index contributed by atoms with van der Waals surface area (Å²) in [5.41, 5.74) is 0.973. The first-order valence-corrected chi connectivity index (χ1v) is 11.8. The lowest BCUT2D eigenvalue weighted by molar-refractivity contribution is -0.120. The first kappa shape index (κ1) is 24.3. The molecule has 0 aromatic heterocycles. The fraction of sp³-hybridized carbons (Fsp3) is 0.667. The predicted octanol–water partition coefficient (Wildman–Crippen LogP) is 1.98. The Morgan fingerprint density at radius 3 is 2.50 bits per heavy atom. The molecule has 2 aliphatic rings. The third kappa shape index (κ3) is 6.84. The number of carbonyl (C=O) groups is 2. The molecule has 0 aliphatic carbocycles. The lowest BCUT2D eigenvalue weighted by Crippen LogP contribution is -2.50. The van der Waals surface area contributed by atoms with E-state index in [0.717, 1.165) is 63.4 Å². The molecule has 32 heavy (non-hydrogen) atoms. The van der Waals surface area contributed by atoms with E-state index in [0.29, 0.717) is 31.7 Å². The van der Waals surface area contributed by atoms with Gasteiger partial charge in [-0.2, -0.15) is 0 Å². The molecule has 2 aliphatic heterocycles. The first-order chi connectivity index (χ1) is 15.5. The zero-order valence-corrected chi connectivity index (χ0v) is 19.7. The summed E-state index contributed by atoms with van der Waals surface area (Å²) >= 11 is 0. The highest BCUT2D eigenvalue weighted by atomic mass is 16.5. The number of carbonyl (C=O) groups excluding carboxylic acids is 2. The number of likely N-dealkylation sites (tertiary alicyclic amines) is 1. The Morgan fingerprint density at radius 2 is 1.84 bits per heavy atom. The number of benzene rings is 1. The molecule has 1 atom stereocenters. The Labute approximate surface area is 191 Å². The van der Waals surface area contributed by atoms with Gasteiger partial charge in [0.1, 0.15) is 5.75 Å². The molecule has 1 unspecified atom stereocenters. The third-order valence-electron chi connectivity index (χ3n) is 6.24. The fourth-order valence-electron chi connectivity index (χ4n) is 4.59. The van der Waals surface area contributed by atoms with Gasteiger partial charge in [0.15, 0.2) is 0 Å². The summed E-state index contributed by atoms with van der Waals surface area (Å²) in [6, 6.07) is 8.51. The normalized spacial score (nSPS) is 19.2. The van der Waals surface area contributed by atoms with E-state index < -0.39 is 0 Å². The number of urea groups is 1. The van der Waals surface area contributed by atoms with Crippen molar-refractivity contribution < 1.29 is 19.1 Å². The van der Waals surface area contributed by atoms with Gasteiger partial charge in [-0.1, -0.05) is 12.1 Å².